The van der Waals surface area contributed by atoms with Gasteiger partial charge in [0.2, 0.25) is 5.82 Å². The number of piperidine rings is 1. The molecule has 2 aromatic carbocycles. The third-order valence-electron chi connectivity index (χ3n) is 5.37. The fourth-order valence-electron chi connectivity index (χ4n) is 3.91. The zero-order chi connectivity index (χ0) is 20.4. The minimum absolute atomic E-state index is 0.489. The van der Waals surface area contributed by atoms with Crippen LogP contribution in [0.2, 0.25) is 0 Å². The second kappa shape index (κ2) is 8.15. The van der Waals surface area contributed by atoms with Gasteiger partial charge in [0.25, 0.3) is 5.89 Å². The highest BCUT2D eigenvalue weighted by Crippen LogP contribution is 2.32. The second-order valence-corrected chi connectivity index (χ2v) is 7.50. The number of aromatic nitrogens is 2. The highest BCUT2D eigenvalue weighted by Gasteiger charge is 2.22. The van der Waals surface area contributed by atoms with Crippen LogP contribution < -0.4 is 4.90 Å². The van der Waals surface area contributed by atoms with Gasteiger partial charge in [0.05, 0.1) is 7.98 Å². The maximum atomic E-state index is 7.82. The number of ether oxygens (including phenoxy) is 1. The number of hydrogen-bond donors (Lipinski definition) is 0. The summed E-state index contributed by atoms with van der Waals surface area (Å²) in [6.45, 7) is 5.81. The molecule has 5 nitrogen and oxygen atoms in total. The van der Waals surface area contributed by atoms with Crippen molar-refractivity contribution in [3.05, 3.63) is 53.6 Å². The topological polar surface area (TPSA) is 51.4 Å². The van der Waals surface area contributed by atoms with E-state index in [1.807, 2.05) is 25.1 Å². The van der Waals surface area contributed by atoms with Crippen molar-refractivity contribution in [1.29, 1.82) is 0 Å². The van der Waals surface area contributed by atoms with Crippen molar-refractivity contribution in [2.24, 2.45) is 0 Å². The molecule has 0 radical (unpaired) electrons. The van der Waals surface area contributed by atoms with E-state index in [1.165, 1.54) is 24.9 Å². The van der Waals surface area contributed by atoms with E-state index >= 15 is 0 Å². The zero-order valence-corrected chi connectivity index (χ0v) is 16.7. The lowest BCUT2D eigenvalue weighted by molar-refractivity contribution is 0.185. The summed E-state index contributed by atoms with van der Waals surface area (Å²) >= 11 is 0. The van der Waals surface area contributed by atoms with E-state index in [1.54, 1.807) is 13.2 Å². The molecule has 0 saturated carbocycles. The van der Waals surface area contributed by atoms with Crippen LogP contribution in [0.4, 0.5) is 5.69 Å². The van der Waals surface area contributed by atoms with Crippen molar-refractivity contribution < 1.29 is 10.6 Å². The number of methoxy groups -OCH3 is 1. The first-order chi connectivity index (χ1) is 14.1. The molecule has 5 heteroatoms. The van der Waals surface area contributed by atoms with E-state index in [9.17, 15) is 0 Å². The number of anilines is 1. The lowest BCUT2D eigenvalue weighted by Gasteiger charge is -2.36. The van der Waals surface area contributed by atoms with Crippen LogP contribution in [-0.4, -0.2) is 29.8 Å². The molecule has 1 aromatic heterocycles. The molecule has 0 aliphatic carbocycles. The lowest BCUT2D eigenvalue weighted by Crippen LogP contribution is -2.38. The van der Waals surface area contributed by atoms with Gasteiger partial charge in [-0.2, -0.15) is 4.98 Å². The van der Waals surface area contributed by atoms with Crippen molar-refractivity contribution >= 4 is 5.69 Å². The predicted molar refractivity (Wildman–Crippen MR) is 111 cm³/mol. The Bertz CT molecular complexity index is 1000. The molecular formula is C23H27N3O2. The molecule has 0 bridgehead atoms. The summed E-state index contributed by atoms with van der Waals surface area (Å²) in [6, 6.07) is 12.8. The molecule has 3 aromatic rings. The highest BCUT2D eigenvalue weighted by molar-refractivity contribution is 5.66. The van der Waals surface area contributed by atoms with Crippen LogP contribution in [0.1, 0.15) is 38.7 Å². The Hall–Kier alpha value is -2.66. The second-order valence-electron chi connectivity index (χ2n) is 7.50. The van der Waals surface area contributed by atoms with Gasteiger partial charge in [0.15, 0.2) is 0 Å². The molecule has 0 spiro atoms. The van der Waals surface area contributed by atoms with Gasteiger partial charge in [-0.25, -0.2) is 0 Å². The minimum atomic E-state index is 0.489. The summed E-state index contributed by atoms with van der Waals surface area (Å²) < 4.78 is 18.8. The van der Waals surface area contributed by atoms with Gasteiger partial charge < -0.3 is 14.2 Å². The Balaban J connectivity index is 1.66. The normalized spacial score (nSPS) is 17.6. The fourth-order valence-corrected chi connectivity index (χ4v) is 3.91. The molecule has 0 amide bonds. The van der Waals surface area contributed by atoms with Gasteiger partial charge in [-0.15, -0.1) is 0 Å². The van der Waals surface area contributed by atoms with Crippen molar-refractivity contribution in [2.75, 3.05) is 18.6 Å². The summed E-state index contributed by atoms with van der Waals surface area (Å²) in [5.41, 5.74) is 4.98. The maximum absolute atomic E-state index is 7.82. The SMILES string of the molecule is [2H]c1ccc(-c2noc(-c3ccc(N4CCCCC4C)c(COC)c3)n2)cc1C. The van der Waals surface area contributed by atoms with Gasteiger partial charge in [-0.3, -0.25) is 0 Å². The number of hydrogen-bond acceptors (Lipinski definition) is 5. The largest absolute Gasteiger partial charge is 0.380 e. The Kier molecular flexibility index (Phi) is 5.07. The van der Waals surface area contributed by atoms with Crippen molar-refractivity contribution in [3.63, 3.8) is 0 Å². The van der Waals surface area contributed by atoms with Gasteiger partial charge in [-0.05, 0) is 57.4 Å². The summed E-state index contributed by atoms with van der Waals surface area (Å²) in [7, 11) is 1.72. The molecule has 1 aliphatic rings. The lowest BCUT2D eigenvalue weighted by atomic mass is 10.00. The van der Waals surface area contributed by atoms with Crippen LogP contribution in [0.5, 0.6) is 0 Å². The van der Waals surface area contributed by atoms with Crippen LogP contribution >= 0.6 is 0 Å². The molecule has 1 atom stereocenters. The third-order valence-corrected chi connectivity index (χ3v) is 5.37. The van der Waals surface area contributed by atoms with E-state index in [2.05, 4.69) is 34.1 Å². The van der Waals surface area contributed by atoms with E-state index in [4.69, 9.17) is 10.6 Å². The monoisotopic (exact) mass is 378 g/mol. The molecule has 4 rings (SSSR count). The number of nitrogens with zero attached hydrogens (tertiary/aromatic N) is 3. The Labute approximate surface area is 167 Å². The van der Waals surface area contributed by atoms with E-state index < -0.39 is 0 Å². The highest BCUT2D eigenvalue weighted by atomic mass is 16.5. The maximum Gasteiger partial charge on any atom is 0.258 e. The van der Waals surface area contributed by atoms with Gasteiger partial charge in [0.1, 0.15) is 0 Å². The molecule has 1 aliphatic heterocycles. The molecule has 1 saturated heterocycles. The first-order valence-electron chi connectivity index (χ1n) is 10.4. The molecule has 28 heavy (non-hydrogen) atoms. The quantitative estimate of drug-likeness (QED) is 0.608. The molecule has 2 heterocycles. The number of rotatable bonds is 5. The average molecular weight is 378 g/mol. The van der Waals surface area contributed by atoms with Crippen LogP contribution in [0.15, 0.2) is 47.0 Å². The Morgan fingerprint density at radius 1 is 1.25 bits per heavy atom. The van der Waals surface area contributed by atoms with Crippen molar-refractivity contribution in [2.45, 2.75) is 45.8 Å². The van der Waals surface area contributed by atoms with E-state index in [-0.39, 0.29) is 0 Å². The van der Waals surface area contributed by atoms with E-state index in [0.717, 1.165) is 28.8 Å². The fraction of sp³-hybridized carbons (Fsp3) is 0.391. The average Bonchev–Trinajstić information content (AvgIpc) is 3.21. The first kappa shape index (κ1) is 17.4. The molecule has 146 valence electrons. The molecule has 0 N–H and O–H groups in total. The molecule has 1 unspecified atom stereocenters. The van der Waals surface area contributed by atoms with Crippen LogP contribution in [0.3, 0.4) is 0 Å². The zero-order valence-electron chi connectivity index (χ0n) is 17.7. The summed E-state index contributed by atoms with van der Waals surface area (Å²) in [5.74, 6) is 1.02. The van der Waals surface area contributed by atoms with Gasteiger partial charge in [-0.1, -0.05) is 28.9 Å². The summed E-state index contributed by atoms with van der Waals surface area (Å²) in [6.07, 6.45) is 3.74. The minimum Gasteiger partial charge on any atom is -0.380 e. The van der Waals surface area contributed by atoms with Gasteiger partial charge >= 0.3 is 0 Å². The Morgan fingerprint density at radius 2 is 2.14 bits per heavy atom. The standard InChI is InChI=1S/C23H27N3O2/c1-16-7-6-9-18(13-16)22-24-23(28-25-22)19-10-11-21(20(14-19)15-27-3)26-12-5-4-8-17(26)2/h6-7,9-11,13-14,17H,4-5,8,12,15H2,1-3H3/i7D. The van der Waals surface area contributed by atoms with Crippen molar-refractivity contribution in [1.82, 2.24) is 10.1 Å². The number of aryl methyl sites for hydroxylation is 1. The smallest absolute Gasteiger partial charge is 0.258 e. The number of benzene rings is 2. The van der Waals surface area contributed by atoms with E-state index in [0.29, 0.717) is 30.4 Å². The van der Waals surface area contributed by atoms with Crippen LogP contribution in [0.25, 0.3) is 22.8 Å². The Morgan fingerprint density at radius 3 is 2.93 bits per heavy atom. The van der Waals surface area contributed by atoms with Gasteiger partial charge in [0, 0.05) is 42.1 Å². The van der Waals surface area contributed by atoms with Crippen LogP contribution in [-0.2, 0) is 11.3 Å². The predicted octanol–water partition coefficient (Wildman–Crippen LogP) is 5.24. The summed E-state index contributed by atoms with van der Waals surface area (Å²) in [5, 5.41) is 4.14. The molecular weight excluding hydrogens is 350 g/mol. The first-order valence-corrected chi connectivity index (χ1v) is 9.87. The van der Waals surface area contributed by atoms with Crippen LogP contribution in [0, 0.1) is 6.92 Å². The molecule has 1 fully saturated rings. The summed E-state index contributed by atoms with van der Waals surface area (Å²) in [4.78, 5) is 7.06. The third kappa shape index (κ3) is 3.80. The van der Waals surface area contributed by atoms with Crippen molar-refractivity contribution in [3.8, 4) is 22.8 Å².